The van der Waals surface area contributed by atoms with Crippen molar-refractivity contribution in [2.75, 3.05) is 0 Å². The number of allylic oxidation sites excluding steroid dienone is 1. The van der Waals surface area contributed by atoms with Crippen LogP contribution >= 0.6 is 0 Å². The van der Waals surface area contributed by atoms with Crippen LogP contribution in [0.15, 0.2) is 89.2 Å². The number of aliphatic hydroxyl groups is 1. The average Bonchev–Trinajstić information content (AvgIpc) is 3.83. The van der Waals surface area contributed by atoms with Gasteiger partial charge >= 0.3 is 5.97 Å². The molecule has 0 aliphatic heterocycles. The number of hydrogen-bond donors (Lipinski definition) is 2. The number of halogens is 1. The molecule has 1 amide bonds. The molecule has 8 atom stereocenters. The average molecular weight is 664 g/mol. The summed E-state index contributed by atoms with van der Waals surface area (Å²) in [5.41, 5.74) is 2.51. The smallest absolute Gasteiger partial charge is 0.375 e. The normalized spacial score (nSPS) is 32.1. The first kappa shape index (κ1) is 31.7. The van der Waals surface area contributed by atoms with Crippen molar-refractivity contribution in [3.8, 4) is 5.69 Å². The Kier molecular flexibility index (Phi) is 7.48. The number of aromatic nitrogens is 2. The number of fused-ring (bicyclic) bond motifs is 6. The second-order valence-electron chi connectivity index (χ2n) is 15.1. The number of nitrogens with one attached hydrogen (secondary N) is 1. The van der Waals surface area contributed by atoms with Gasteiger partial charge in [0.2, 0.25) is 5.76 Å². The maximum absolute atomic E-state index is 14.6. The number of benzene rings is 2. The van der Waals surface area contributed by atoms with Gasteiger partial charge in [-0.1, -0.05) is 49.8 Å². The molecule has 8 rings (SSSR count). The SMILES string of the molecule is CC(NC(=O)C1(OC(=O)c2ccco2)CCC2C3CCC4=Cc5c(cnn5-c5ccc(F)cc5)CC4(C)C3C(O)CC21C)c1ccccc1. The van der Waals surface area contributed by atoms with Gasteiger partial charge in [-0.2, -0.15) is 5.10 Å². The van der Waals surface area contributed by atoms with E-state index in [4.69, 9.17) is 14.3 Å². The lowest BCUT2D eigenvalue weighted by molar-refractivity contribution is -0.182. The molecule has 2 heterocycles. The monoisotopic (exact) mass is 663 g/mol. The van der Waals surface area contributed by atoms with Gasteiger partial charge < -0.3 is 19.6 Å². The van der Waals surface area contributed by atoms with Crippen molar-refractivity contribution in [3.63, 3.8) is 0 Å². The molecule has 8 nitrogen and oxygen atoms in total. The fraction of sp³-hybridized carbons (Fsp3) is 0.425. The van der Waals surface area contributed by atoms with Crippen LogP contribution in [0.3, 0.4) is 0 Å². The Hall–Kier alpha value is -4.50. The topological polar surface area (TPSA) is 107 Å². The molecule has 2 aromatic heterocycles. The summed E-state index contributed by atoms with van der Waals surface area (Å²) in [6, 6.07) is 19.0. The Bertz CT molecular complexity index is 1920. The number of ether oxygens (including phenoxy) is 1. The van der Waals surface area contributed by atoms with Crippen molar-refractivity contribution in [2.45, 2.75) is 77.0 Å². The van der Waals surface area contributed by atoms with E-state index in [0.717, 1.165) is 41.8 Å². The number of amides is 1. The van der Waals surface area contributed by atoms with E-state index < -0.39 is 23.1 Å². The van der Waals surface area contributed by atoms with Crippen LogP contribution < -0.4 is 5.32 Å². The Morgan fingerprint density at radius 2 is 1.86 bits per heavy atom. The van der Waals surface area contributed by atoms with Gasteiger partial charge in [0, 0.05) is 5.41 Å². The van der Waals surface area contributed by atoms with Crippen molar-refractivity contribution in [2.24, 2.45) is 28.6 Å². The molecule has 4 aliphatic carbocycles. The molecule has 2 N–H and O–H groups in total. The van der Waals surface area contributed by atoms with E-state index in [1.54, 1.807) is 24.3 Å². The van der Waals surface area contributed by atoms with Gasteiger partial charge in [-0.25, -0.2) is 13.9 Å². The summed E-state index contributed by atoms with van der Waals surface area (Å²) >= 11 is 0. The van der Waals surface area contributed by atoms with Gasteiger partial charge in [-0.05, 0) is 122 Å². The molecule has 49 heavy (non-hydrogen) atoms. The van der Waals surface area contributed by atoms with Crippen LogP contribution in [-0.2, 0) is 16.0 Å². The quantitative estimate of drug-likeness (QED) is 0.211. The minimum atomic E-state index is -1.50. The minimum Gasteiger partial charge on any atom is -0.457 e. The number of furan rings is 1. The second-order valence-corrected chi connectivity index (χ2v) is 15.1. The Morgan fingerprint density at radius 3 is 2.59 bits per heavy atom. The summed E-state index contributed by atoms with van der Waals surface area (Å²) in [5, 5.41) is 20.2. The van der Waals surface area contributed by atoms with Gasteiger partial charge in [0.25, 0.3) is 5.91 Å². The highest BCUT2D eigenvalue weighted by Gasteiger charge is 2.71. The summed E-state index contributed by atoms with van der Waals surface area (Å²) in [6.07, 6.45) is 8.63. The first-order valence-electron chi connectivity index (χ1n) is 17.4. The predicted octanol–water partition coefficient (Wildman–Crippen LogP) is 7.23. The number of nitrogens with zero attached hydrogens (tertiary/aromatic N) is 2. The summed E-state index contributed by atoms with van der Waals surface area (Å²) < 4.78 is 27.3. The molecule has 3 saturated carbocycles. The highest BCUT2D eigenvalue weighted by Crippen LogP contribution is 2.68. The van der Waals surface area contributed by atoms with E-state index in [9.17, 15) is 19.1 Å². The molecule has 4 aliphatic rings. The summed E-state index contributed by atoms with van der Waals surface area (Å²) in [6.45, 7) is 6.25. The van der Waals surface area contributed by atoms with Gasteiger partial charge in [-0.15, -0.1) is 0 Å². The van der Waals surface area contributed by atoms with E-state index in [-0.39, 0.29) is 46.7 Å². The van der Waals surface area contributed by atoms with Crippen LogP contribution in [0.4, 0.5) is 4.39 Å². The molecule has 9 heteroatoms. The third-order valence-corrected chi connectivity index (χ3v) is 12.6. The molecular formula is C40H42FN3O5. The zero-order valence-electron chi connectivity index (χ0n) is 28.1. The fourth-order valence-electron chi connectivity index (χ4n) is 10.3. The molecule has 3 fully saturated rings. The molecule has 254 valence electrons. The lowest BCUT2D eigenvalue weighted by atomic mass is 9.45. The number of carbonyl (C=O) groups excluding carboxylic acids is 2. The first-order valence-corrected chi connectivity index (χ1v) is 17.4. The van der Waals surface area contributed by atoms with Gasteiger partial charge in [0.1, 0.15) is 5.82 Å². The van der Waals surface area contributed by atoms with Crippen LogP contribution in [0.25, 0.3) is 11.8 Å². The summed E-state index contributed by atoms with van der Waals surface area (Å²) in [4.78, 5) is 28.2. The van der Waals surface area contributed by atoms with Crippen molar-refractivity contribution < 1.29 is 28.2 Å². The van der Waals surface area contributed by atoms with Crippen LogP contribution in [0, 0.1) is 34.4 Å². The van der Waals surface area contributed by atoms with Crippen molar-refractivity contribution in [1.29, 1.82) is 0 Å². The number of carbonyl (C=O) groups is 2. The summed E-state index contributed by atoms with van der Waals surface area (Å²) in [7, 11) is 0. The highest BCUT2D eigenvalue weighted by molar-refractivity contribution is 5.93. The zero-order chi connectivity index (χ0) is 34.1. The maximum Gasteiger partial charge on any atom is 0.375 e. The Balaban J connectivity index is 1.13. The van der Waals surface area contributed by atoms with Crippen LogP contribution in [0.2, 0.25) is 0 Å². The fourth-order valence-corrected chi connectivity index (χ4v) is 10.3. The molecule has 4 aromatic rings. The van der Waals surface area contributed by atoms with Crippen LogP contribution in [0.5, 0.6) is 0 Å². The van der Waals surface area contributed by atoms with Gasteiger partial charge in [0.05, 0.1) is 36.0 Å². The number of aliphatic hydroxyl groups excluding tert-OH is 1. The molecule has 2 aromatic carbocycles. The third kappa shape index (κ3) is 4.83. The number of esters is 1. The Morgan fingerprint density at radius 1 is 1.08 bits per heavy atom. The van der Waals surface area contributed by atoms with E-state index in [2.05, 4.69) is 18.3 Å². The standard InChI is InChI=1S/C40H42FN3O5/c1-24(25-8-5-4-6-9-25)43-37(47)40(49-36(46)34-10-7-19-48-34)18-17-31-30-16-11-27-20-32-26(23-42-44(32)29-14-12-28(41)13-15-29)21-38(27,2)35(30)33(45)22-39(31,40)3/h4-10,12-15,19-20,23-24,30-31,33,35,45H,11,16-18,21-22H2,1-3H3,(H,43,47). The van der Waals surface area contributed by atoms with Gasteiger partial charge in [-0.3, -0.25) is 4.79 Å². The van der Waals surface area contributed by atoms with E-state index in [1.165, 1.54) is 24.0 Å². The van der Waals surface area contributed by atoms with Crippen LogP contribution in [0.1, 0.15) is 86.3 Å². The molecule has 0 spiro atoms. The van der Waals surface area contributed by atoms with E-state index in [1.807, 2.05) is 55.1 Å². The van der Waals surface area contributed by atoms with Gasteiger partial charge in [0.15, 0.2) is 5.60 Å². The molecular weight excluding hydrogens is 621 g/mol. The Labute approximate surface area is 285 Å². The zero-order valence-corrected chi connectivity index (χ0v) is 28.1. The lowest BCUT2D eigenvalue weighted by Gasteiger charge is -2.60. The largest absolute Gasteiger partial charge is 0.457 e. The maximum atomic E-state index is 14.6. The first-order chi connectivity index (χ1) is 23.5. The van der Waals surface area contributed by atoms with Crippen LogP contribution in [-0.4, -0.2) is 38.5 Å². The highest BCUT2D eigenvalue weighted by atomic mass is 19.1. The summed E-state index contributed by atoms with van der Waals surface area (Å²) in [5.74, 6) is -1.14. The van der Waals surface area contributed by atoms with E-state index >= 15 is 0 Å². The van der Waals surface area contributed by atoms with E-state index in [0.29, 0.717) is 19.3 Å². The third-order valence-electron chi connectivity index (χ3n) is 12.6. The molecule has 0 bridgehead atoms. The second kappa shape index (κ2) is 11.5. The molecule has 8 unspecified atom stereocenters. The number of hydrogen-bond acceptors (Lipinski definition) is 6. The van der Waals surface area contributed by atoms with Crippen molar-refractivity contribution in [3.05, 3.63) is 113 Å². The predicted molar refractivity (Wildman–Crippen MR) is 181 cm³/mol. The van der Waals surface area contributed by atoms with Crippen molar-refractivity contribution >= 4 is 18.0 Å². The molecule has 0 saturated heterocycles. The van der Waals surface area contributed by atoms with Crippen molar-refractivity contribution in [1.82, 2.24) is 15.1 Å². The molecule has 0 radical (unpaired) electrons. The lowest BCUT2D eigenvalue weighted by Crippen LogP contribution is -2.64. The minimum absolute atomic E-state index is 0.0451. The number of rotatable bonds is 6.